The predicted octanol–water partition coefficient (Wildman–Crippen LogP) is 3.23. The van der Waals surface area contributed by atoms with Gasteiger partial charge in [-0.2, -0.15) is 0 Å². The van der Waals surface area contributed by atoms with Crippen LogP contribution in [0.3, 0.4) is 0 Å². The monoisotopic (exact) mass is 283 g/mol. The zero-order valence-corrected chi connectivity index (χ0v) is 13.3. The number of anilines is 1. The maximum Gasteiger partial charge on any atom is 0.0602 e. The standard InChI is InChI=1S/C18H25N3/c1-4-21(13-17-7-5-6-15(3)20-17)18-9-8-16(10-11-19)12-14(18)2/h5-9,12H,4,10-11,13,19H2,1-3H3. The number of nitrogens with zero attached hydrogens (tertiary/aromatic N) is 2. The molecular weight excluding hydrogens is 258 g/mol. The molecule has 3 heteroatoms. The number of rotatable bonds is 6. The number of pyridine rings is 1. The van der Waals surface area contributed by atoms with Crippen LogP contribution in [0.2, 0.25) is 0 Å². The second-order valence-electron chi connectivity index (χ2n) is 5.44. The molecule has 0 amide bonds. The molecule has 0 aliphatic heterocycles. The highest BCUT2D eigenvalue weighted by Gasteiger charge is 2.09. The molecule has 0 spiro atoms. The average molecular weight is 283 g/mol. The van der Waals surface area contributed by atoms with Crippen LogP contribution in [-0.4, -0.2) is 18.1 Å². The second-order valence-corrected chi connectivity index (χ2v) is 5.44. The van der Waals surface area contributed by atoms with E-state index in [2.05, 4.69) is 54.1 Å². The summed E-state index contributed by atoms with van der Waals surface area (Å²) in [6.07, 6.45) is 0.937. The van der Waals surface area contributed by atoms with E-state index >= 15 is 0 Å². The van der Waals surface area contributed by atoms with Crippen molar-refractivity contribution in [2.45, 2.75) is 33.7 Å². The molecular formula is C18H25N3. The lowest BCUT2D eigenvalue weighted by Gasteiger charge is -2.25. The maximum absolute atomic E-state index is 5.63. The fourth-order valence-electron chi connectivity index (χ4n) is 2.64. The van der Waals surface area contributed by atoms with Gasteiger partial charge in [0.25, 0.3) is 0 Å². The minimum atomic E-state index is 0.698. The molecule has 0 fully saturated rings. The number of hydrogen-bond acceptors (Lipinski definition) is 3. The molecule has 0 aliphatic carbocycles. The first-order chi connectivity index (χ1) is 10.1. The number of aryl methyl sites for hydroxylation is 2. The molecule has 0 bridgehead atoms. The van der Waals surface area contributed by atoms with Gasteiger partial charge in [0, 0.05) is 17.9 Å². The zero-order valence-electron chi connectivity index (χ0n) is 13.3. The van der Waals surface area contributed by atoms with Crippen molar-refractivity contribution in [2.24, 2.45) is 5.73 Å². The number of benzene rings is 1. The van der Waals surface area contributed by atoms with Gasteiger partial charge >= 0.3 is 0 Å². The highest BCUT2D eigenvalue weighted by atomic mass is 15.1. The van der Waals surface area contributed by atoms with Crippen molar-refractivity contribution in [1.29, 1.82) is 0 Å². The smallest absolute Gasteiger partial charge is 0.0602 e. The van der Waals surface area contributed by atoms with E-state index in [1.165, 1.54) is 16.8 Å². The van der Waals surface area contributed by atoms with Crippen LogP contribution >= 0.6 is 0 Å². The summed E-state index contributed by atoms with van der Waals surface area (Å²) in [5.74, 6) is 0. The van der Waals surface area contributed by atoms with Crippen LogP contribution in [0.1, 0.15) is 29.4 Å². The van der Waals surface area contributed by atoms with Crippen LogP contribution in [0, 0.1) is 13.8 Å². The highest BCUT2D eigenvalue weighted by molar-refractivity contribution is 5.54. The molecule has 0 unspecified atom stereocenters. The minimum absolute atomic E-state index is 0.698. The van der Waals surface area contributed by atoms with E-state index in [0.717, 1.165) is 30.9 Å². The Bertz CT molecular complexity index is 593. The van der Waals surface area contributed by atoms with Crippen molar-refractivity contribution in [3.63, 3.8) is 0 Å². The Labute approximate surface area is 127 Å². The lowest BCUT2D eigenvalue weighted by Crippen LogP contribution is -2.23. The summed E-state index contributed by atoms with van der Waals surface area (Å²) >= 11 is 0. The van der Waals surface area contributed by atoms with Gasteiger partial charge in [-0.25, -0.2) is 0 Å². The fraction of sp³-hybridized carbons (Fsp3) is 0.389. The van der Waals surface area contributed by atoms with E-state index in [0.29, 0.717) is 6.54 Å². The highest BCUT2D eigenvalue weighted by Crippen LogP contribution is 2.23. The quantitative estimate of drug-likeness (QED) is 0.885. The van der Waals surface area contributed by atoms with E-state index < -0.39 is 0 Å². The molecule has 2 aromatic rings. The molecule has 0 saturated carbocycles. The summed E-state index contributed by atoms with van der Waals surface area (Å²) in [4.78, 5) is 6.97. The summed E-state index contributed by atoms with van der Waals surface area (Å²) in [5.41, 5.74) is 11.7. The van der Waals surface area contributed by atoms with Crippen molar-refractivity contribution in [3.8, 4) is 0 Å². The van der Waals surface area contributed by atoms with Crippen LogP contribution in [-0.2, 0) is 13.0 Å². The van der Waals surface area contributed by atoms with Crippen LogP contribution in [0.25, 0.3) is 0 Å². The SMILES string of the molecule is CCN(Cc1cccc(C)n1)c1ccc(CCN)cc1C. The first-order valence-electron chi connectivity index (χ1n) is 7.61. The van der Waals surface area contributed by atoms with Gasteiger partial charge < -0.3 is 10.6 Å². The van der Waals surface area contributed by atoms with Crippen LogP contribution in [0.5, 0.6) is 0 Å². The summed E-state index contributed by atoms with van der Waals surface area (Å²) in [6, 6.07) is 12.8. The Kier molecular flexibility index (Phi) is 5.34. The number of aromatic nitrogens is 1. The number of nitrogens with two attached hydrogens (primary N) is 1. The molecule has 112 valence electrons. The fourth-order valence-corrected chi connectivity index (χ4v) is 2.64. The summed E-state index contributed by atoms with van der Waals surface area (Å²) in [7, 11) is 0. The van der Waals surface area contributed by atoms with Gasteiger partial charge in [-0.05, 0) is 63.1 Å². The predicted molar refractivity (Wildman–Crippen MR) is 89.6 cm³/mol. The minimum Gasteiger partial charge on any atom is -0.366 e. The van der Waals surface area contributed by atoms with E-state index in [-0.39, 0.29) is 0 Å². The van der Waals surface area contributed by atoms with E-state index in [4.69, 9.17) is 5.73 Å². The largest absolute Gasteiger partial charge is 0.366 e. The molecule has 21 heavy (non-hydrogen) atoms. The van der Waals surface area contributed by atoms with Gasteiger partial charge in [-0.1, -0.05) is 18.2 Å². The van der Waals surface area contributed by atoms with E-state index in [9.17, 15) is 0 Å². The van der Waals surface area contributed by atoms with Crippen molar-refractivity contribution >= 4 is 5.69 Å². The van der Waals surface area contributed by atoms with Gasteiger partial charge in [0.1, 0.15) is 0 Å². The first-order valence-corrected chi connectivity index (χ1v) is 7.61. The van der Waals surface area contributed by atoms with Gasteiger partial charge in [0.15, 0.2) is 0 Å². The molecule has 3 nitrogen and oxygen atoms in total. The topological polar surface area (TPSA) is 42.2 Å². The molecule has 0 saturated heterocycles. The summed E-state index contributed by atoms with van der Waals surface area (Å²) in [6.45, 7) is 8.89. The lowest BCUT2D eigenvalue weighted by atomic mass is 10.1. The van der Waals surface area contributed by atoms with Crippen molar-refractivity contribution in [2.75, 3.05) is 18.0 Å². The Morgan fingerprint density at radius 3 is 2.57 bits per heavy atom. The first kappa shape index (κ1) is 15.5. The van der Waals surface area contributed by atoms with Crippen LogP contribution < -0.4 is 10.6 Å². The Hall–Kier alpha value is -1.87. The molecule has 1 aromatic carbocycles. The second kappa shape index (κ2) is 7.23. The number of hydrogen-bond donors (Lipinski definition) is 1. The lowest BCUT2D eigenvalue weighted by molar-refractivity contribution is 0.801. The maximum atomic E-state index is 5.63. The zero-order chi connectivity index (χ0) is 15.2. The Morgan fingerprint density at radius 2 is 1.95 bits per heavy atom. The van der Waals surface area contributed by atoms with E-state index in [1.807, 2.05) is 13.0 Å². The molecule has 1 heterocycles. The van der Waals surface area contributed by atoms with Gasteiger partial charge in [-0.15, -0.1) is 0 Å². The van der Waals surface area contributed by atoms with Gasteiger partial charge in [0.2, 0.25) is 0 Å². The van der Waals surface area contributed by atoms with Gasteiger partial charge in [0.05, 0.1) is 12.2 Å². The Morgan fingerprint density at radius 1 is 1.14 bits per heavy atom. The van der Waals surface area contributed by atoms with Gasteiger partial charge in [-0.3, -0.25) is 4.98 Å². The molecule has 0 radical (unpaired) electrons. The summed E-state index contributed by atoms with van der Waals surface area (Å²) < 4.78 is 0. The molecule has 0 aliphatic rings. The molecule has 0 atom stereocenters. The summed E-state index contributed by atoms with van der Waals surface area (Å²) in [5, 5.41) is 0. The average Bonchev–Trinajstić information content (AvgIpc) is 2.46. The third-order valence-corrected chi connectivity index (χ3v) is 3.72. The van der Waals surface area contributed by atoms with Crippen molar-refractivity contribution in [1.82, 2.24) is 4.98 Å². The van der Waals surface area contributed by atoms with E-state index in [1.54, 1.807) is 0 Å². The molecule has 2 rings (SSSR count). The Balaban J connectivity index is 2.21. The van der Waals surface area contributed by atoms with Crippen LogP contribution in [0.15, 0.2) is 36.4 Å². The normalized spacial score (nSPS) is 10.7. The van der Waals surface area contributed by atoms with Crippen LogP contribution in [0.4, 0.5) is 5.69 Å². The van der Waals surface area contributed by atoms with Crippen molar-refractivity contribution in [3.05, 3.63) is 58.9 Å². The molecule has 2 N–H and O–H groups in total. The molecule has 1 aromatic heterocycles. The van der Waals surface area contributed by atoms with Crippen molar-refractivity contribution < 1.29 is 0 Å². The third kappa shape index (κ3) is 4.05. The third-order valence-electron chi connectivity index (χ3n) is 3.72.